The smallest absolute Gasteiger partial charge is 0.358 e. The van der Waals surface area contributed by atoms with Crippen LogP contribution in [0.4, 0.5) is 5.82 Å². The molecule has 0 saturated heterocycles. The maximum absolute atomic E-state index is 11.0. The average molecular weight is 508 g/mol. The van der Waals surface area contributed by atoms with Crippen molar-refractivity contribution in [1.82, 2.24) is 19.1 Å². The van der Waals surface area contributed by atoms with Crippen molar-refractivity contribution in [2.75, 3.05) is 41.3 Å². The van der Waals surface area contributed by atoms with E-state index in [0.29, 0.717) is 17.7 Å². The van der Waals surface area contributed by atoms with Gasteiger partial charge in [0.2, 0.25) is 6.33 Å². The predicted octanol–water partition coefficient (Wildman–Crippen LogP) is 5.08. The number of imidazole rings is 2. The predicted molar refractivity (Wildman–Crippen MR) is 147 cm³/mol. The van der Waals surface area contributed by atoms with Crippen LogP contribution in [0, 0.1) is 27.9 Å². The molecule has 0 unspecified atom stereocenters. The highest BCUT2D eigenvalue weighted by molar-refractivity contribution is 5.26. The van der Waals surface area contributed by atoms with Crippen LogP contribution in [0.5, 0.6) is 0 Å². The fraction of sp³-hybridized carbons (Fsp3) is 0.778. The van der Waals surface area contributed by atoms with E-state index < -0.39 is 4.92 Å². The molecule has 0 radical (unpaired) electrons. The van der Waals surface area contributed by atoms with Gasteiger partial charge in [0.05, 0.1) is 53.2 Å². The Hall–Kier alpha value is -2.26. The van der Waals surface area contributed by atoms with Crippen LogP contribution in [0.15, 0.2) is 12.5 Å². The minimum Gasteiger partial charge on any atom is -0.358 e. The molecule has 0 aromatic carbocycles. The standard InChI is InChI=1S/C14H28N3.C13H25N4O2/c1-12-15-10-13(16(12)5)11-17(6,7)9-8-14(2,3)4;1-13(2,3)7-8-17(5,6)9-11-12(16(18)19)14-10-15(11)4/h10H,8-9,11H2,1-7H3;10H,7-9H2,1-6H3/q2*+1. The molecule has 0 fully saturated rings. The van der Waals surface area contributed by atoms with Crippen molar-refractivity contribution < 1.29 is 13.9 Å². The molecule has 2 rings (SSSR count). The van der Waals surface area contributed by atoms with Crippen molar-refractivity contribution in [2.45, 2.75) is 74.4 Å². The van der Waals surface area contributed by atoms with E-state index in [1.165, 1.54) is 25.0 Å². The first-order valence-corrected chi connectivity index (χ1v) is 12.9. The Morgan fingerprint density at radius 1 is 0.889 bits per heavy atom. The molecule has 36 heavy (non-hydrogen) atoms. The average Bonchev–Trinajstić information content (AvgIpc) is 3.21. The molecule has 2 aromatic rings. The van der Waals surface area contributed by atoms with Crippen LogP contribution < -0.4 is 0 Å². The molecule has 9 heteroatoms. The summed E-state index contributed by atoms with van der Waals surface area (Å²) in [6, 6.07) is 0. The maximum Gasteiger partial charge on any atom is 0.390 e. The van der Waals surface area contributed by atoms with Gasteiger partial charge >= 0.3 is 5.82 Å². The Labute approximate surface area is 219 Å². The molecule has 0 N–H and O–H groups in total. The molecule has 0 saturated carbocycles. The van der Waals surface area contributed by atoms with E-state index in [4.69, 9.17) is 0 Å². The van der Waals surface area contributed by atoms with Crippen molar-refractivity contribution in [3.63, 3.8) is 0 Å². The van der Waals surface area contributed by atoms with Gasteiger partial charge in [-0.25, -0.2) is 4.98 Å². The fourth-order valence-electron chi connectivity index (χ4n) is 3.75. The monoisotopic (exact) mass is 507 g/mol. The van der Waals surface area contributed by atoms with E-state index in [2.05, 4.69) is 98.2 Å². The van der Waals surface area contributed by atoms with Crippen molar-refractivity contribution >= 4 is 5.82 Å². The first kappa shape index (κ1) is 31.8. The molecular weight excluding hydrogens is 454 g/mol. The van der Waals surface area contributed by atoms with E-state index in [1.54, 1.807) is 11.6 Å². The molecule has 9 nitrogen and oxygen atoms in total. The normalized spacial score (nSPS) is 12.9. The van der Waals surface area contributed by atoms with Gasteiger partial charge in [-0.1, -0.05) is 41.5 Å². The van der Waals surface area contributed by atoms with Gasteiger partial charge in [-0.15, -0.1) is 0 Å². The Kier molecular flexibility index (Phi) is 10.5. The van der Waals surface area contributed by atoms with Crippen LogP contribution >= 0.6 is 0 Å². The zero-order chi connectivity index (χ0) is 28.1. The lowest BCUT2D eigenvalue weighted by Gasteiger charge is -2.32. The number of aromatic nitrogens is 4. The summed E-state index contributed by atoms with van der Waals surface area (Å²) < 4.78 is 5.68. The van der Waals surface area contributed by atoms with Gasteiger partial charge in [0.15, 0.2) is 5.69 Å². The quantitative estimate of drug-likeness (QED) is 0.269. The largest absolute Gasteiger partial charge is 0.390 e. The topological polar surface area (TPSA) is 78.8 Å². The highest BCUT2D eigenvalue weighted by atomic mass is 16.6. The second-order valence-electron chi connectivity index (χ2n) is 14.0. The molecule has 0 bridgehead atoms. The first-order chi connectivity index (χ1) is 16.1. The highest BCUT2D eigenvalue weighted by Crippen LogP contribution is 2.24. The lowest BCUT2D eigenvalue weighted by Crippen LogP contribution is -2.41. The van der Waals surface area contributed by atoms with E-state index in [9.17, 15) is 10.1 Å². The minimum absolute atomic E-state index is 0.0236. The molecule has 2 heterocycles. The summed E-state index contributed by atoms with van der Waals surface area (Å²) in [5.41, 5.74) is 2.69. The van der Waals surface area contributed by atoms with Crippen LogP contribution in [0.25, 0.3) is 0 Å². The third kappa shape index (κ3) is 11.2. The summed E-state index contributed by atoms with van der Waals surface area (Å²) in [5, 5.41) is 11.0. The Morgan fingerprint density at radius 2 is 1.36 bits per heavy atom. The molecule has 2 aromatic heterocycles. The lowest BCUT2D eigenvalue weighted by molar-refractivity contribution is -0.905. The van der Waals surface area contributed by atoms with Crippen LogP contribution in [0.2, 0.25) is 0 Å². The van der Waals surface area contributed by atoms with Crippen LogP contribution in [0.1, 0.15) is 71.6 Å². The minimum atomic E-state index is -0.404. The van der Waals surface area contributed by atoms with Crippen molar-refractivity contribution in [3.8, 4) is 0 Å². The van der Waals surface area contributed by atoms with Gasteiger partial charge in [0.1, 0.15) is 18.9 Å². The number of nitrogens with zero attached hydrogens (tertiary/aromatic N) is 7. The molecule has 206 valence electrons. The Balaban J connectivity index is 0.000000362. The molecular formula is C27H53N7O2+2. The maximum atomic E-state index is 11.0. The van der Waals surface area contributed by atoms with Gasteiger partial charge < -0.3 is 28.2 Å². The summed E-state index contributed by atoms with van der Waals surface area (Å²) >= 11 is 0. The number of aryl methyl sites for hydroxylation is 2. The first-order valence-electron chi connectivity index (χ1n) is 12.9. The van der Waals surface area contributed by atoms with E-state index >= 15 is 0 Å². The zero-order valence-corrected chi connectivity index (χ0v) is 25.3. The number of quaternary nitrogens is 2. The van der Waals surface area contributed by atoms with E-state index in [-0.39, 0.29) is 11.2 Å². The molecule has 0 atom stereocenters. The van der Waals surface area contributed by atoms with Crippen LogP contribution in [-0.4, -0.2) is 74.3 Å². The number of hydrogen-bond donors (Lipinski definition) is 0. The molecule has 0 aliphatic rings. The number of nitro groups is 1. The molecule has 0 amide bonds. The third-order valence-electron chi connectivity index (χ3n) is 6.63. The number of rotatable bonds is 9. The zero-order valence-electron chi connectivity index (χ0n) is 25.3. The van der Waals surface area contributed by atoms with E-state index in [1.807, 2.05) is 6.20 Å². The highest BCUT2D eigenvalue weighted by Gasteiger charge is 2.28. The van der Waals surface area contributed by atoms with Crippen molar-refractivity contribution in [1.29, 1.82) is 0 Å². The van der Waals surface area contributed by atoms with E-state index in [0.717, 1.165) is 34.3 Å². The molecule has 0 aliphatic carbocycles. The second-order valence-corrected chi connectivity index (χ2v) is 14.0. The third-order valence-corrected chi connectivity index (χ3v) is 6.63. The van der Waals surface area contributed by atoms with Crippen LogP contribution in [-0.2, 0) is 27.2 Å². The Bertz CT molecular complexity index is 989. The lowest BCUT2D eigenvalue weighted by atomic mass is 9.92. The molecule has 0 spiro atoms. The summed E-state index contributed by atoms with van der Waals surface area (Å²) in [6.07, 6.45) is 5.84. The number of hydrogen-bond acceptors (Lipinski definition) is 4. The van der Waals surface area contributed by atoms with Crippen molar-refractivity contribution in [2.24, 2.45) is 24.9 Å². The summed E-state index contributed by atoms with van der Waals surface area (Å²) in [5.74, 6) is 1.07. The Morgan fingerprint density at radius 3 is 1.75 bits per heavy atom. The van der Waals surface area contributed by atoms with Gasteiger partial charge in [0, 0.05) is 26.9 Å². The SMILES string of the molecule is Cc1ncc(C[N+](C)(C)CCC(C)(C)C)n1C.Cn1cnc([N+](=O)[O-])c1C[N+](C)(C)CCC(C)(C)C. The summed E-state index contributed by atoms with van der Waals surface area (Å²) in [7, 11) is 12.7. The van der Waals surface area contributed by atoms with Gasteiger partial charge in [-0.3, -0.25) is 0 Å². The summed E-state index contributed by atoms with van der Waals surface area (Å²) in [6.45, 7) is 19.4. The summed E-state index contributed by atoms with van der Waals surface area (Å²) in [4.78, 5) is 18.8. The molecule has 0 aliphatic heterocycles. The fourth-order valence-corrected chi connectivity index (χ4v) is 3.75. The van der Waals surface area contributed by atoms with Crippen molar-refractivity contribution in [3.05, 3.63) is 39.9 Å². The van der Waals surface area contributed by atoms with Gasteiger partial charge in [-0.05, 0) is 27.7 Å². The van der Waals surface area contributed by atoms with Crippen LogP contribution in [0.3, 0.4) is 0 Å². The second kappa shape index (κ2) is 11.9. The van der Waals surface area contributed by atoms with Gasteiger partial charge in [-0.2, -0.15) is 0 Å². The van der Waals surface area contributed by atoms with Gasteiger partial charge in [0.25, 0.3) is 0 Å².